The van der Waals surface area contributed by atoms with Crippen LogP contribution in [0.3, 0.4) is 0 Å². The summed E-state index contributed by atoms with van der Waals surface area (Å²) in [6.45, 7) is 4.16. The zero-order valence-electron chi connectivity index (χ0n) is 10.7. The van der Waals surface area contributed by atoms with Crippen LogP contribution in [-0.2, 0) is 0 Å². The molecule has 0 aliphatic heterocycles. The van der Waals surface area contributed by atoms with Gasteiger partial charge in [-0.15, -0.1) is 0 Å². The van der Waals surface area contributed by atoms with Gasteiger partial charge in [0.2, 0.25) is 0 Å². The van der Waals surface area contributed by atoms with Gasteiger partial charge in [-0.3, -0.25) is 10.7 Å². The van der Waals surface area contributed by atoms with Crippen LogP contribution >= 0.6 is 0 Å². The molecule has 90 valence electrons. The van der Waals surface area contributed by atoms with Crippen molar-refractivity contribution in [2.24, 2.45) is 5.84 Å². The van der Waals surface area contributed by atoms with Crippen molar-refractivity contribution in [3.8, 4) is 5.75 Å². The third-order valence-electron chi connectivity index (χ3n) is 2.81. The van der Waals surface area contributed by atoms with Crippen LogP contribution in [0.1, 0.15) is 22.9 Å². The van der Waals surface area contributed by atoms with Crippen molar-refractivity contribution < 1.29 is 4.74 Å². The number of rotatable bonds is 4. The summed E-state index contributed by atoms with van der Waals surface area (Å²) in [5.74, 6) is 6.43. The van der Waals surface area contributed by atoms with E-state index in [2.05, 4.69) is 25.3 Å². The lowest BCUT2D eigenvalue weighted by Crippen LogP contribution is -2.38. The highest BCUT2D eigenvalue weighted by Gasteiger charge is 2.17. The van der Waals surface area contributed by atoms with Gasteiger partial charge in [0.25, 0.3) is 0 Å². The second kappa shape index (κ2) is 5.30. The average molecular weight is 223 g/mol. The van der Waals surface area contributed by atoms with Gasteiger partial charge in [-0.2, -0.15) is 0 Å². The van der Waals surface area contributed by atoms with E-state index in [-0.39, 0.29) is 6.17 Å². The van der Waals surface area contributed by atoms with Crippen molar-refractivity contribution in [1.29, 1.82) is 0 Å². The molecule has 1 unspecified atom stereocenters. The van der Waals surface area contributed by atoms with E-state index in [9.17, 15) is 0 Å². The van der Waals surface area contributed by atoms with Gasteiger partial charge in [0.05, 0.1) is 7.11 Å². The number of nitrogens with one attached hydrogen (secondary N) is 1. The molecule has 1 rings (SSSR count). The van der Waals surface area contributed by atoms with E-state index in [0.717, 1.165) is 11.3 Å². The van der Waals surface area contributed by atoms with Crippen molar-refractivity contribution in [2.45, 2.75) is 20.0 Å². The summed E-state index contributed by atoms with van der Waals surface area (Å²) in [7, 11) is 5.62. The standard InChI is InChI=1S/C12H21N3O/c1-8-6-10(12(14-13)15(3)4)11(16-5)7-9(8)2/h6-7,12,14H,13H2,1-5H3. The smallest absolute Gasteiger partial charge is 0.125 e. The van der Waals surface area contributed by atoms with Crippen molar-refractivity contribution in [3.05, 3.63) is 28.8 Å². The van der Waals surface area contributed by atoms with E-state index in [1.807, 2.05) is 25.1 Å². The summed E-state index contributed by atoms with van der Waals surface area (Å²) < 4.78 is 5.39. The van der Waals surface area contributed by atoms with Gasteiger partial charge in [0.15, 0.2) is 0 Å². The fraction of sp³-hybridized carbons (Fsp3) is 0.500. The topological polar surface area (TPSA) is 50.5 Å². The molecule has 0 spiro atoms. The summed E-state index contributed by atoms with van der Waals surface area (Å²) in [5.41, 5.74) is 6.29. The van der Waals surface area contributed by atoms with Gasteiger partial charge in [-0.05, 0) is 51.2 Å². The van der Waals surface area contributed by atoms with E-state index in [1.165, 1.54) is 11.1 Å². The number of methoxy groups -OCH3 is 1. The Balaban J connectivity index is 3.24. The lowest BCUT2D eigenvalue weighted by molar-refractivity contribution is 0.245. The normalized spacial score (nSPS) is 12.9. The predicted molar refractivity (Wildman–Crippen MR) is 66.2 cm³/mol. The van der Waals surface area contributed by atoms with Crippen LogP contribution in [0.5, 0.6) is 5.75 Å². The van der Waals surface area contributed by atoms with Gasteiger partial charge in [-0.25, -0.2) is 5.43 Å². The van der Waals surface area contributed by atoms with Gasteiger partial charge in [0, 0.05) is 5.56 Å². The molecule has 1 aromatic rings. The first-order valence-corrected chi connectivity index (χ1v) is 5.29. The second-order valence-corrected chi connectivity index (χ2v) is 4.21. The largest absolute Gasteiger partial charge is 0.496 e. The first kappa shape index (κ1) is 13.0. The second-order valence-electron chi connectivity index (χ2n) is 4.21. The number of hydrogen-bond acceptors (Lipinski definition) is 4. The molecule has 1 atom stereocenters. The van der Waals surface area contributed by atoms with Crippen molar-refractivity contribution in [3.63, 3.8) is 0 Å². The molecule has 16 heavy (non-hydrogen) atoms. The van der Waals surface area contributed by atoms with Gasteiger partial charge < -0.3 is 4.74 Å². The Morgan fingerprint density at radius 2 is 1.81 bits per heavy atom. The molecule has 0 aliphatic carbocycles. The Kier molecular flexibility index (Phi) is 4.29. The Morgan fingerprint density at radius 3 is 2.25 bits per heavy atom. The Labute approximate surface area is 97.4 Å². The first-order chi connectivity index (χ1) is 7.51. The summed E-state index contributed by atoms with van der Waals surface area (Å²) >= 11 is 0. The van der Waals surface area contributed by atoms with Crippen LogP contribution in [0.15, 0.2) is 12.1 Å². The Bertz CT molecular complexity index is 364. The van der Waals surface area contributed by atoms with Crippen molar-refractivity contribution >= 4 is 0 Å². The number of aryl methyl sites for hydroxylation is 2. The molecule has 0 aliphatic rings. The third-order valence-corrected chi connectivity index (χ3v) is 2.81. The summed E-state index contributed by atoms with van der Waals surface area (Å²) in [6, 6.07) is 4.15. The number of hydrazine groups is 1. The van der Waals surface area contributed by atoms with Crippen LogP contribution in [-0.4, -0.2) is 26.1 Å². The highest BCUT2D eigenvalue weighted by Crippen LogP contribution is 2.28. The van der Waals surface area contributed by atoms with Crippen molar-refractivity contribution in [2.75, 3.05) is 21.2 Å². The average Bonchev–Trinajstić information content (AvgIpc) is 2.23. The maximum atomic E-state index is 5.57. The zero-order valence-corrected chi connectivity index (χ0v) is 10.7. The van der Waals surface area contributed by atoms with E-state index < -0.39 is 0 Å². The number of nitrogens with zero attached hydrogens (tertiary/aromatic N) is 1. The maximum absolute atomic E-state index is 5.57. The predicted octanol–water partition coefficient (Wildman–Crippen LogP) is 1.34. The molecule has 0 saturated heterocycles. The molecule has 4 heteroatoms. The Morgan fingerprint density at radius 1 is 1.25 bits per heavy atom. The molecule has 0 bridgehead atoms. The van der Waals surface area contributed by atoms with E-state index in [4.69, 9.17) is 10.6 Å². The SMILES string of the molecule is COc1cc(C)c(C)cc1C(NN)N(C)C. The summed E-state index contributed by atoms with van der Waals surface area (Å²) in [5, 5.41) is 0. The molecule has 0 aromatic heterocycles. The van der Waals surface area contributed by atoms with E-state index in [1.54, 1.807) is 7.11 Å². The molecule has 4 nitrogen and oxygen atoms in total. The maximum Gasteiger partial charge on any atom is 0.125 e. The monoisotopic (exact) mass is 223 g/mol. The summed E-state index contributed by atoms with van der Waals surface area (Å²) in [4.78, 5) is 2.01. The minimum atomic E-state index is -0.0470. The van der Waals surface area contributed by atoms with Crippen LogP contribution in [0.25, 0.3) is 0 Å². The van der Waals surface area contributed by atoms with Gasteiger partial charge >= 0.3 is 0 Å². The summed E-state index contributed by atoms with van der Waals surface area (Å²) in [6.07, 6.45) is -0.0470. The van der Waals surface area contributed by atoms with Crippen LogP contribution in [0.4, 0.5) is 0 Å². The fourth-order valence-electron chi connectivity index (χ4n) is 1.72. The lowest BCUT2D eigenvalue weighted by atomic mass is 10.0. The van der Waals surface area contributed by atoms with Crippen LogP contribution < -0.4 is 16.0 Å². The van der Waals surface area contributed by atoms with Crippen LogP contribution in [0, 0.1) is 13.8 Å². The van der Waals surface area contributed by atoms with E-state index in [0.29, 0.717) is 0 Å². The third kappa shape index (κ3) is 2.52. The van der Waals surface area contributed by atoms with Gasteiger partial charge in [0.1, 0.15) is 11.9 Å². The molecule has 3 N–H and O–H groups in total. The lowest BCUT2D eigenvalue weighted by Gasteiger charge is -2.26. The van der Waals surface area contributed by atoms with Crippen LogP contribution in [0.2, 0.25) is 0 Å². The minimum absolute atomic E-state index is 0.0470. The molecular formula is C12H21N3O. The quantitative estimate of drug-likeness (QED) is 0.459. The highest BCUT2D eigenvalue weighted by atomic mass is 16.5. The van der Waals surface area contributed by atoms with Gasteiger partial charge in [-0.1, -0.05) is 0 Å². The number of nitrogens with two attached hydrogens (primary N) is 1. The molecule has 0 amide bonds. The molecular weight excluding hydrogens is 202 g/mol. The highest BCUT2D eigenvalue weighted by molar-refractivity contribution is 5.43. The fourth-order valence-corrected chi connectivity index (χ4v) is 1.72. The zero-order chi connectivity index (χ0) is 12.3. The number of ether oxygens (including phenoxy) is 1. The minimum Gasteiger partial charge on any atom is -0.496 e. The first-order valence-electron chi connectivity index (χ1n) is 5.29. The number of benzene rings is 1. The number of hydrogen-bond donors (Lipinski definition) is 2. The van der Waals surface area contributed by atoms with Crippen molar-refractivity contribution in [1.82, 2.24) is 10.3 Å². The molecule has 0 radical (unpaired) electrons. The molecule has 0 heterocycles. The molecule has 0 saturated carbocycles. The molecule has 1 aromatic carbocycles. The van der Waals surface area contributed by atoms with E-state index >= 15 is 0 Å². The molecule has 0 fully saturated rings. The Hall–Kier alpha value is -1.10.